The lowest BCUT2D eigenvalue weighted by Gasteiger charge is -2.11. The summed E-state index contributed by atoms with van der Waals surface area (Å²) in [6.07, 6.45) is 3.87. The maximum Gasteiger partial charge on any atom is 0.262 e. The van der Waals surface area contributed by atoms with Crippen molar-refractivity contribution in [2.75, 3.05) is 19.0 Å². The molecule has 24 heavy (non-hydrogen) atoms. The zero-order chi connectivity index (χ0) is 17.4. The Labute approximate surface area is 141 Å². The number of hydrogen-bond acceptors (Lipinski definition) is 4. The molecule has 0 spiro atoms. The van der Waals surface area contributed by atoms with E-state index in [1.54, 1.807) is 37.4 Å². The quantitative estimate of drug-likeness (QED) is 0.882. The predicted molar refractivity (Wildman–Crippen MR) is 93.0 cm³/mol. The average molecular weight is 322 g/mol. The predicted octanol–water partition coefficient (Wildman–Crippen LogP) is 3.62. The van der Waals surface area contributed by atoms with Crippen LogP contribution in [0.25, 0.3) is 6.08 Å². The number of hydrogen-bond donors (Lipinski definition) is 1. The van der Waals surface area contributed by atoms with Crippen LogP contribution >= 0.6 is 0 Å². The molecule has 0 heterocycles. The fraction of sp³-hybridized carbons (Fsp3) is 0.158. The summed E-state index contributed by atoms with van der Waals surface area (Å²) in [5, 5.41) is 11.5. The number of carbonyl (C=O) groups is 1. The molecule has 0 aliphatic rings. The van der Waals surface area contributed by atoms with Gasteiger partial charge in [0, 0.05) is 5.69 Å². The number of ether oxygens (including phenoxy) is 2. The Morgan fingerprint density at radius 2 is 2.08 bits per heavy atom. The van der Waals surface area contributed by atoms with Crippen LogP contribution in [0.1, 0.15) is 18.1 Å². The second-order valence-electron chi connectivity index (χ2n) is 4.94. The van der Waals surface area contributed by atoms with E-state index in [-0.39, 0.29) is 12.5 Å². The first-order chi connectivity index (χ1) is 11.7. The van der Waals surface area contributed by atoms with Gasteiger partial charge < -0.3 is 14.8 Å². The van der Waals surface area contributed by atoms with Crippen LogP contribution in [0.5, 0.6) is 11.5 Å². The Kier molecular flexibility index (Phi) is 5.98. The molecule has 0 bridgehead atoms. The normalized spacial score (nSPS) is 10.2. The SMILES string of the molecule is C/C=C/c1ccc(OCC(=O)Nc2cccc(C#N)c2)c(OC)c1. The van der Waals surface area contributed by atoms with E-state index in [4.69, 9.17) is 14.7 Å². The van der Waals surface area contributed by atoms with Crippen molar-refractivity contribution in [3.8, 4) is 17.6 Å². The standard InChI is InChI=1S/C19H18N2O3/c1-3-5-14-8-9-17(18(11-14)23-2)24-13-19(22)21-16-7-4-6-15(10-16)12-20/h3-11H,13H2,1-2H3,(H,21,22)/b5-3+. The van der Waals surface area contributed by atoms with Crippen LogP contribution in [0.2, 0.25) is 0 Å². The molecule has 0 aliphatic heterocycles. The van der Waals surface area contributed by atoms with Gasteiger partial charge in [-0.3, -0.25) is 4.79 Å². The molecule has 1 amide bonds. The molecule has 0 unspecified atom stereocenters. The maximum absolute atomic E-state index is 12.0. The van der Waals surface area contributed by atoms with Gasteiger partial charge in [0.05, 0.1) is 18.7 Å². The molecule has 0 aromatic heterocycles. The number of nitrogens with one attached hydrogen (secondary N) is 1. The first-order valence-corrected chi connectivity index (χ1v) is 7.40. The summed E-state index contributed by atoms with van der Waals surface area (Å²) in [5.74, 6) is 0.737. The summed E-state index contributed by atoms with van der Waals surface area (Å²) in [7, 11) is 1.55. The number of amides is 1. The van der Waals surface area contributed by atoms with Gasteiger partial charge in [0.25, 0.3) is 5.91 Å². The molecule has 0 aliphatic carbocycles. The fourth-order valence-corrected chi connectivity index (χ4v) is 2.11. The molecular formula is C19H18N2O3. The van der Waals surface area contributed by atoms with Gasteiger partial charge in [0.1, 0.15) is 0 Å². The van der Waals surface area contributed by atoms with Gasteiger partial charge in [-0.2, -0.15) is 5.26 Å². The number of carbonyl (C=O) groups excluding carboxylic acids is 1. The van der Waals surface area contributed by atoms with Gasteiger partial charge in [-0.25, -0.2) is 0 Å². The lowest BCUT2D eigenvalue weighted by atomic mass is 10.2. The molecule has 2 aromatic rings. The molecule has 0 fully saturated rings. The maximum atomic E-state index is 12.0. The highest BCUT2D eigenvalue weighted by Crippen LogP contribution is 2.28. The number of anilines is 1. The number of allylic oxidation sites excluding steroid dienone is 1. The zero-order valence-electron chi connectivity index (χ0n) is 13.6. The zero-order valence-corrected chi connectivity index (χ0v) is 13.6. The van der Waals surface area contributed by atoms with Crippen molar-refractivity contribution in [1.82, 2.24) is 0 Å². The largest absolute Gasteiger partial charge is 0.493 e. The van der Waals surface area contributed by atoms with Crippen LogP contribution in [0, 0.1) is 11.3 Å². The second-order valence-corrected chi connectivity index (χ2v) is 4.94. The minimum Gasteiger partial charge on any atom is -0.493 e. The van der Waals surface area contributed by atoms with E-state index in [0.717, 1.165) is 5.56 Å². The molecule has 5 heteroatoms. The molecule has 2 rings (SSSR count). The van der Waals surface area contributed by atoms with E-state index >= 15 is 0 Å². The summed E-state index contributed by atoms with van der Waals surface area (Å²) >= 11 is 0. The number of benzene rings is 2. The lowest BCUT2D eigenvalue weighted by Crippen LogP contribution is -2.20. The van der Waals surface area contributed by atoms with Gasteiger partial charge in [-0.1, -0.05) is 24.3 Å². The van der Waals surface area contributed by atoms with Crippen LogP contribution < -0.4 is 14.8 Å². The summed E-state index contributed by atoms with van der Waals surface area (Å²) in [6, 6.07) is 14.2. The monoisotopic (exact) mass is 322 g/mol. The minimum atomic E-state index is -0.315. The summed E-state index contributed by atoms with van der Waals surface area (Å²) < 4.78 is 10.8. The molecule has 122 valence electrons. The minimum absolute atomic E-state index is 0.157. The Hall–Kier alpha value is -3.26. The highest BCUT2D eigenvalue weighted by molar-refractivity contribution is 5.92. The van der Waals surface area contributed by atoms with E-state index < -0.39 is 0 Å². The van der Waals surface area contributed by atoms with Crippen LogP contribution in [0.15, 0.2) is 48.5 Å². The molecule has 0 atom stereocenters. The molecule has 1 N–H and O–H groups in total. The number of rotatable bonds is 6. The number of nitrogens with zero attached hydrogens (tertiary/aromatic N) is 1. The molecule has 0 saturated carbocycles. The van der Waals surface area contributed by atoms with Gasteiger partial charge in [0.2, 0.25) is 0 Å². The number of methoxy groups -OCH3 is 1. The average Bonchev–Trinajstić information content (AvgIpc) is 2.61. The molecule has 2 aromatic carbocycles. The highest BCUT2D eigenvalue weighted by Gasteiger charge is 2.08. The Balaban J connectivity index is 1.99. The van der Waals surface area contributed by atoms with Crippen LogP contribution in [0.4, 0.5) is 5.69 Å². The molecule has 0 radical (unpaired) electrons. The summed E-state index contributed by atoms with van der Waals surface area (Å²) in [5.41, 5.74) is 2.02. The molecule has 5 nitrogen and oxygen atoms in total. The Morgan fingerprint density at radius 1 is 1.25 bits per heavy atom. The second kappa shape index (κ2) is 8.39. The highest BCUT2D eigenvalue weighted by atomic mass is 16.5. The van der Waals surface area contributed by atoms with Crippen LogP contribution in [-0.4, -0.2) is 19.6 Å². The molecule has 0 saturated heterocycles. The topological polar surface area (TPSA) is 71.3 Å². The van der Waals surface area contributed by atoms with Gasteiger partial charge >= 0.3 is 0 Å². The molecular weight excluding hydrogens is 304 g/mol. The van der Waals surface area contributed by atoms with E-state index in [1.165, 1.54) is 0 Å². The third-order valence-corrected chi connectivity index (χ3v) is 3.18. The van der Waals surface area contributed by atoms with Crippen molar-refractivity contribution < 1.29 is 14.3 Å². The van der Waals surface area contributed by atoms with E-state index in [1.807, 2.05) is 37.3 Å². The van der Waals surface area contributed by atoms with Gasteiger partial charge in [0.15, 0.2) is 18.1 Å². The van der Waals surface area contributed by atoms with Crippen LogP contribution in [-0.2, 0) is 4.79 Å². The third kappa shape index (κ3) is 4.62. The van der Waals surface area contributed by atoms with Gasteiger partial charge in [-0.05, 0) is 42.8 Å². The van der Waals surface area contributed by atoms with Crippen LogP contribution in [0.3, 0.4) is 0 Å². The van der Waals surface area contributed by atoms with Gasteiger partial charge in [-0.15, -0.1) is 0 Å². The van der Waals surface area contributed by atoms with E-state index in [2.05, 4.69) is 5.32 Å². The van der Waals surface area contributed by atoms with Crippen molar-refractivity contribution in [2.24, 2.45) is 0 Å². The van der Waals surface area contributed by atoms with Crippen molar-refractivity contribution in [3.05, 3.63) is 59.7 Å². The lowest BCUT2D eigenvalue weighted by molar-refractivity contribution is -0.118. The van der Waals surface area contributed by atoms with Crippen molar-refractivity contribution in [2.45, 2.75) is 6.92 Å². The number of nitriles is 1. The Bertz CT molecular complexity index is 791. The Morgan fingerprint density at radius 3 is 2.79 bits per heavy atom. The fourth-order valence-electron chi connectivity index (χ4n) is 2.11. The summed E-state index contributed by atoms with van der Waals surface area (Å²) in [6.45, 7) is 1.78. The van der Waals surface area contributed by atoms with Crippen molar-refractivity contribution in [3.63, 3.8) is 0 Å². The first kappa shape index (κ1) is 17.1. The smallest absolute Gasteiger partial charge is 0.262 e. The third-order valence-electron chi connectivity index (χ3n) is 3.18. The van der Waals surface area contributed by atoms with Crippen molar-refractivity contribution >= 4 is 17.7 Å². The van der Waals surface area contributed by atoms with E-state index in [0.29, 0.717) is 22.7 Å². The summed E-state index contributed by atoms with van der Waals surface area (Å²) in [4.78, 5) is 12.0. The van der Waals surface area contributed by atoms with E-state index in [9.17, 15) is 4.79 Å². The van der Waals surface area contributed by atoms with Crippen molar-refractivity contribution in [1.29, 1.82) is 5.26 Å². The first-order valence-electron chi connectivity index (χ1n) is 7.40.